The molecule has 2 aromatic carbocycles. The Kier molecular flexibility index (Phi) is 5.79. The number of pyridine rings is 1. The van der Waals surface area contributed by atoms with Crippen LogP contribution in [0.25, 0.3) is 22.0 Å². The lowest BCUT2D eigenvalue weighted by Crippen LogP contribution is -2.45. The fourth-order valence-electron chi connectivity index (χ4n) is 4.39. The Morgan fingerprint density at radius 2 is 1.90 bits per heavy atom. The molecule has 0 unspecified atom stereocenters. The standard InChI is InChI=1S/C25H25ClN2O3/c26-22-15-18-3-1-11-27-23(18)16-21(22)17-5-7-19(8-6-17)31-20-9-12-28(13-10-20)25(29)24-4-2-14-30-24/h1,3,5-8,11,15-16,20,24H,2,4,9-10,12-14H2/t24-/m1/s1. The van der Waals surface area contributed by atoms with Gasteiger partial charge in [-0.1, -0.05) is 29.8 Å². The lowest BCUT2D eigenvalue weighted by molar-refractivity contribution is -0.142. The molecule has 2 saturated heterocycles. The van der Waals surface area contributed by atoms with Crippen molar-refractivity contribution in [3.63, 3.8) is 0 Å². The Morgan fingerprint density at radius 3 is 2.65 bits per heavy atom. The number of halogens is 1. The van der Waals surface area contributed by atoms with Gasteiger partial charge < -0.3 is 14.4 Å². The molecule has 1 aromatic heterocycles. The molecule has 2 aliphatic rings. The molecular formula is C25H25ClN2O3. The average molecular weight is 437 g/mol. The second-order valence-corrected chi connectivity index (χ2v) is 8.60. The number of ether oxygens (including phenoxy) is 2. The third-order valence-electron chi connectivity index (χ3n) is 6.12. The van der Waals surface area contributed by atoms with Gasteiger partial charge in [0.25, 0.3) is 5.91 Å². The molecule has 0 saturated carbocycles. The number of hydrogen-bond acceptors (Lipinski definition) is 4. The van der Waals surface area contributed by atoms with Crippen LogP contribution in [0.4, 0.5) is 0 Å². The highest BCUT2D eigenvalue weighted by Gasteiger charge is 2.31. The minimum atomic E-state index is -0.234. The van der Waals surface area contributed by atoms with Crippen molar-refractivity contribution in [3.05, 3.63) is 59.8 Å². The van der Waals surface area contributed by atoms with E-state index in [0.717, 1.165) is 66.6 Å². The second-order valence-electron chi connectivity index (χ2n) is 8.20. The smallest absolute Gasteiger partial charge is 0.251 e. The molecule has 1 amide bonds. The summed E-state index contributed by atoms with van der Waals surface area (Å²) < 4.78 is 11.7. The first-order chi connectivity index (χ1) is 15.2. The number of likely N-dealkylation sites (tertiary alicyclic amines) is 1. The fraction of sp³-hybridized carbons (Fsp3) is 0.360. The average Bonchev–Trinajstić information content (AvgIpc) is 3.34. The highest BCUT2D eigenvalue weighted by atomic mass is 35.5. The third-order valence-corrected chi connectivity index (χ3v) is 6.43. The topological polar surface area (TPSA) is 51.7 Å². The van der Waals surface area contributed by atoms with Crippen LogP contribution in [0.2, 0.25) is 5.02 Å². The van der Waals surface area contributed by atoms with Crippen LogP contribution >= 0.6 is 11.6 Å². The van der Waals surface area contributed by atoms with E-state index in [9.17, 15) is 4.79 Å². The molecule has 160 valence electrons. The van der Waals surface area contributed by atoms with Crippen LogP contribution in [0.1, 0.15) is 25.7 Å². The highest BCUT2D eigenvalue weighted by Crippen LogP contribution is 2.33. The first-order valence-corrected chi connectivity index (χ1v) is 11.3. The molecule has 0 aliphatic carbocycles. The maximum atomic E-state index is 12.5. The quantitative estimate of drug-likeness (QED) is 0.570. The minimum absolute atomic E-state index is 0.118. The van der Waals surface area contributed by atoms with E-state index in [0.29, 0.717) is 11.6 Å². The summed E-state index contributed by atoms with van der Waals surface area (Å²) in [5.74, 6) is 0.977. The van der Waals surface area contributed by atoms with Gasteiger partial charge in [-0.05, 0) is 48.7 Å². The molecule has 0 bridgehead atoms. The molecule has 3 heterocycles. The van der Waals surface area contributed by atoms with E-state index >= 15 is 0 Å². The van der Waals surface area contributed by atoms with Crippen LogP contribution in [0.3, 0.4) is 0 Å². The van der Waals surface area contributed by atoms with Gasteiger partial charge in [-0.15, -0.1) is 0 Å². The number of benzene rings is 2. The van der Waals surface area contributed by atoms with Gasteiger partial charge in [0.05, 0.1) is 5.52 Å². The molecule has 0 spiro atoms. The molecular weight excluding hydrogens is 412 g/mol. The summed E-state index contributed by atoms with van der Waals surface area (Å²) in [5.41, 5.74) is 2.91. The maximum Gasteiger partial charge on any atom is 0.251 e. The number of nitrogens with zero attached hydrogens (tertiary/aromatic N) is 2. The van der Waals surface area contributed by atoms with Crippen molar-refractivity contribution in [1.29, 1.82) is 0 Å². The highest BCUT2D eigenvalue weighted by molar-refractivity contribution is 6.34. The molecule has 0 N–H and O–H groups in total. The fourth-order valence-corrected chi connectivity index (χ4v) is 4.67. The van der Waals surface area contributed by atoms with Crippen molar-refractivity contribution < 1.29 is 14.3 Å². The van der Waals surface area contributed by atoms with Gasteiger partial charge in [0.15, 0.2) is 0 Å². The van der Waals surface area contributed by atoms with Gasteiger partial charge in [0, 0.05) is 54.7 Å². The molecule has 5 nitrogen and oxygen atoms in total. The molecule has 1 atom stereocenters. The lowest BCUT2D eigenvalue weighted by Gasteiger charge is -2.33. The molecule has 6 heteroatoms. The zero-order valence-electron chi connectivity index (χ0n) is 17.3. The summed E-state index contributed by atoms with van der Waals surface area (Å²) in [4.78, 5) is 18.8. The van der Waals surface area contributed by atoms with Crippen LogP contribution < -0.4 is 4.74 Å². The number of amides is 1. The molecule has 2 aliphatic heterocycles. The zero-order valence-corrected chi connectivity index (χ0v) is 18.1. The van der Waals surface area contributed by atoms with Crippen molar-refractivity contribution in [3.8, 4) is 16.9 Å². The first kappa shape index (κ1) is 20.3. The summed E-state index contributed by atoms with van der Waals surface area (Å²) in [5, 5.41) is 1.73. The van der Waals surface area contributed by atoms with Crippen LogP contribution in [-0.2, 0) is 9.53 Å². The molecule has 0 radical (unpaired) electrons. The summed E-state index contributed by atoms with van der Waals surface area (Å²) >= 11 is 6.52. The van der Waals surface area contributed by atoms with Crippen molar-refractivity contribution in [1.82, 2.24) is 9.88 Å². The summed E-state index contributed by atoms with van der Waals surface area (Å²) in [6, 6.07) is 15.9. The number of carbonyl (C=O) groups excluding carboxylic acids is 1. The summed E-state index contributed by atoms with van der Waals surface area (Å²) in [7, 11) is 0. The van der Waals surface area contributed by atoms with Crippen molar-refractivity contribution in [2.75, 3.05) is 19.7 Å². The normalized spacial score (nSPS) is 19.6. The van der Waals surface area contributed by atoms with Gasteiger partial charge in [0.2, 0.25) is 0 Å². The number of aromatic nitrogens is 1. The van der Waals surface area contributed by atoms with Crippen molar-refractivity contribution in [2.45, 2.75) is 37.9 Å². The predicted octanol–water partition coefficient (Wildman–Crippen LogP) is 5.10. The number of piperidine rings is 1. The summed E-state index contributed by atoms with van der Waals surface area (Å²) in [6.45, 7) is 2.15. The van der Waals surface area contributed by atoms with Gasteiger partial charge in [-0.25, -0.2) is 0 Å². The van der Waals surface area contributed by atoms with Crippen molar-refractivity contribution in [2.24, 2.45) is 0 Å². The second kappa shape index (κ2) is 8.85. The number of carbonyl (C=O) groups is 1. The van der Waals surface area contributed by atoms with E-state index in [1.165, 1.54) is 0 Å². The summed E-state index contributed by atoms with van der Waals surface area (Å²) in [6.07, 6.45) is 5.17. The zero-order chi connectivity index (χ0) is 21.2. The molecule has 31 heavy (non-hydrogen) atoms. The monoisotopic (exact) mass is 436 g/mol. The number of rotatable bonds is 4. The molecule has 2 fully saturated rings. The lowest BCUT2D eigenvalue weighted by atomic mass is 10.0. The molecule has 5 rings (SSSR count). The van der Waals surface area contributed by atoms with Gasteiger partial charge in [-0.2, -0.15) is 0 Å². The Labute approximate surface area is 186 Å². The molecule has 3 aromatic rings. The Bertz CT molecular complexity index is 1070. The number of fused-ring (bicyclic) bond motifs is 1. The Hall–Kier alpha value is -2.63. The SMILES string of the molecule is O=C([C@H]1CCCO1)N1CCC(Oc2ccc(-c3cc4ncccc4cc3Cl)cc2)CC1. The van der Waals surface area contributed by atoms with E-state index in [2.05, 4.69) is 4.98 Å². The third kappa shape index (κ3) is 4.39. The predicted molar refractivity (Wildman–Crippen MR) is 121 cm³/mol. The van der Waals surface area contributed by atoms with E-state index < -0.39 is 0 Å². The maximum absolute atomic E-state index is 12.5. The van der Waals surface area contributed by atoms with Crippen LogP contribution in [0.15, 0.2) is 54.7 Å². The van der Waals surface area contributed by atoms with Crippen LogP contribution in [-0.4, -0.2) is 47.7 Å². The van der Waals surface area contributed by atoms with Crippen molar-refractivity contribution >= 4 is 28.4 Å². The van der Waals surface area contributed by atoms with E-state index in [1.54, 1.807) is 6.20 Å². The van der Waals surface area contributed by atoms with Crippen LogP contribution in [0.5, 0.6) is 5.75 Å². The van der Waals surface area contributed by atoms with Crippen LogP contribution in [0, 0.1) is 0 Å². The van der Waals surface area contributed by atoms with E-state index in [1.807, 2.05) is 53.4 Å². The Morgan fingerprint density at radius 1 is 1.10 bits per heavy atom. The van der Waals surface area contributed by atoms with E-state index in [4.69, 9.17) is 21.1 Å². The largest absolute Gasteiger partial charge is 0.490 e. The van der Waals surface area contributed by atoms with Gasteiger partial charge >= 0.3 is 0 Å². The number of hydrogen-bond donors (Lipinski definition) is 0. The first-order valence-electron chi connectivity index (χ1n) is 10.9. The van der Waals surface area contributed by atoms with Gasteiger partial charge in [-0.3, -0.25) is 9.78 Å². The van der Waals surface area contributed by atoms with E-state index in [-0.39, 0.29) is 18.1 Å². The minimum Gasteiger partial charge on any atom is -0.490 e. The Balaban J connectivity index is 1.21. The van der Waals surface area contributed by atoms with Gasteiger partial charge in [0.1, 0.15) is 18.0 Å².